The van der Waals surface area contributed by atoms with Crippen LogP contribution in [0.4, 0.5) is 0 Å². The first-order valence-corrected chi connectivity index (χ1v) is 16.7. The Labute approximate surface area is 292 Å². The van der Waals surface area contributed by atoms with Crippen LogP contribution in [0, 0.1) is 6.92 Å². The molecule has 0 N–H and O–H groups in total. The highest BCUT2D eigenvalue weighted by Gasteiger charge is 2.34. The Bertz CT molecular complexity index is 2330. The third kappa shape index (κ3) is 6.61. The van der Waals surface area contributed by atoms with Crippen molar-refractivity contribution in [3.8, 4) is 34.2 Å². The predicted molar refractivity (Wildman–Crippen MR) is 190 cm³/mol. The first kappa shape index (κ1) is 34.1. The summed E-state index contributed by atoms with van der Waals surface area (Å²) in [6.45, 7) is 8.95. The third-order valence-electron chi connectivity index (χ3n) is 8.05. The van der Waals surface area contributed by atoms with E-state index in [0.717, 1.165) is 22.6 Å². The summed E-state index contributed by atoms with van der Waals surface area (Å²) in [7, 11) is 2.73. The van der Waals surface area contributed by atoms with Crippen molar-refractivity contribution < 1.29 is 28.5 Å². The van der Waals surface area contributed by atoms with Crippen LogP contribution in [0.3, 0.4) is 0 Å². The summed E-state index contributed by atoms with van der Waals surface area (Å²) in [5, 5.41) is 4.96. The lowest BCUT2D eigenvalue weighted by Crippen LogP contribution is -2.39. The maximum atomic E-state index is 14.4. The molecule has 3 aromatic carbocycles. The first-order valence-electron chi connectivity index (χ1n) is 15.9. The van der Waals surface area contributed by atoms with E-state index in [4.69, 9.17) is 24.0 Å². The fourth-order valence-electron chi connectivity index (χ4n) is 5.86. The van der Waals surface area contributed by atoms with E-state index >= 15 is 0 Å². The number of rotatable bonds is 9. The maximum absolute atomic E-state index is 14.4. The average Bonchev–Trinajstić information content (AvgIpc) is 3.65. The van der Waals surface area contributed by atoms with E-state index in [-0.39, 0.29) is 28.7 Å². The molecule has 12 heteroatoms. The third-order valence-corrected chi connectivity index (χ3v) is 9.03. The van der Waals surface area contributed by atoms with Gasteiger partial charge in [0.1, 0.15) is 11.4 Å². The zero-order valence-corrected chi connectivity index (χ0v) is 29.5. The zero-order chi connectivity index (χ0) is 35.7. The Morgan fingerprint density at radius 2 is 1.70 bits per heavy atom. The van der Waals surface area contributed by atoms with E-state index < -0.39 is 18.0 Å². The number of aromatic nitrogens is 3. The molecule has 5 aromatic rings. The summed E-state index contributed by atoms with van der Waals surface area (Å²) in [5.41, 5.74) is 4.85. The monoisotopic (exact) mass is 692 g/mol. The van der Waals surface area contributed by atoms with E-state index in [2.05, 4.69) is 4.99 Å². The molecule has 0 amide bonds. The number of ether oxygens (including phenoxy) is 4. The van der Waals surface area contributed by atoms with Gasteiger partial charge in [0, 0.05) is 24.2 Å². The lowest BCUT2D eigenvalue weighted by atomic mass is 9.95. The van der Waals surface area contributed by atoms with Crippen LogP contribution in [0.5, 0.6) is 17.2 Å². The molecular weight excluding hydrogens is 657 g/mol. The van der Waals surface area contributed by atoms with Crippen LogP contribution in [-0.4, -0.2) is 46.6 Å². The van der Waals surface area contributed by atoms with Crippen LogP contribution in [0.25, 0.3) is 23.0 Å². The molecular formula is C38H36N4O7S. The molecule has 1 atom stereocenters. The van der Waals surface area contributed by atoms with Crippen molar-refractivity contribution in [1.82, 2.24) is 14.3 Å². The fourth-order valence-corrected chi connectivity index (χ4v) is 6.89. The Balaban J connectivity index is 1.55. The van der Waals surface area contributed by atoms with Crippen molar-refractivity contribution in [3.63, 3.8) is 0 Å². The molecule has 0 bridgehead atoms. The van der Waals surface area contributed by atoms with Crippen LogP contribution in [0.2, 0.25) is 0 Å². The summed E-state index contributed by atoms with van der Waals surface area (Å²) in [4.78, 5) is 44.4. The summed E-state index contributed by atoms with van der Waals surface area (Å²) < 4.78 is 25.6. The minimum absolute atomic E-state index is 0.0264. The number of aryl methyl sites for hydroxylation is 1. The molecule has 0 fully saturated rings. The molecule has 11 nitrogen and oxygen atoms in total. The molecule has 3 heterocycles. The van der Waals surface area contributed by atoms with Crippen LogP contribution in [-0.2, 0) is 14.3 Å². The van der Waals surface area contributed by atoms with Gasteiger partial charge in [0.25, 0.3) is 5.56 Å². The molecule has 256 valence electrons. The van der Waals surface area contributed by atoms with Gasteiger partial charge in [-0.25, -0.2) is 14.5 Å². The quantitative estimate of drug-likeness (QED) is 0.151. The van der Waals surface area contributed by atoms with E-state index in [9.17, 15) is 14.4 Å². The number of hydrogen-bond acceptors (Lipinski definition) is 10. The topological polar surface area (TPSA) is 123 Å². The lowest BCUT2D eigenvalue weighted by Gasteiger charge is -2.25. The molecule has 1 aliphatic rings. The van der Waals surface area contributed by atoms with Gasteiger partial charge >= 0.3 is 11.9 Å². The maximum Gasteiger partial charge on any atom is 0.338 e. The summed E-state index contributed by atoms with van der Waals surface area (Å²) in [5.74, 6) is 0.117. The van der Waals surface area contributed by atoms with Gasteiger partial charge in [-0.15, -0.1) is 0 Å². The number of para-hydroxylation sites is 1. The van der Waals surface area contributed by atoms with Crippen molar-refractivity contribution in [2.45, 2.75) is 46.8 Å². The van der Waals surface area contributed by atoms with E-state index in [1.54, 1.807) is 35.9 Å². The highest BCUT2D eigenvalue weighted by molar-refractivity contribution is 7.07. The van der Waals surface area contributed by atoms with Gasteiger partial charge < -0.3 is 18.9 Å². The van der Waals surface area contributed by atoms with Gasteiger partial charge in [0.15, 0.2) is 16.3 Å². The van der Waals surface area contributed by atoms with Crippen LogP contribution in [0.15, 0.2) is 94.0 Å². The SMILES string of the molecule is COC(=O)C1=C(C)N=c2sc(=Cc3cn(-c4ccccc4)nc3-c3ccc(OC(C)C)c(C)c3)c(=O)n2C1c1ccc(OC(C)=O)c(OC)c1. The molecule has 0 saturated carbocycles. The van der Waals surface area contributed by atoms with E-state index in [1.807, 2.05) is 75.5 Å². The van der Waals surface area contributed by atoms with Crippen LogP contribution >= 0.6 is 11.3 Å². The Kier molecular flexibility index (Phi) is 9.56. The van der Waals surface area contributed by atoms with Gasteiger partial charge in [-0.05, 0) is 87.4 Å². The van der Waals surface area contributed by atoms with Crippen LogP contribution < -0.4 is 29.1 Å². The van der Waals surface area contributed by atoms with Gasteiger partial charge in [-0.3, -0.25) is 14.2 Å². The number of benzene rings is 3. The lowest BCUT2D eigenvalue weighted by molar-refractivity contribution is -0.136. The van der Waals surface area contributed by atoms with Crippen molar-refractivity contribution >= 4 is 29.4 Å². The van der Waals surface area contributed by atoms with Gasteiger partial charge in [-0.2, -0.15) is 5.10 Å². The minimum atomic E-state index is -0.899. The number of hydrogen-bond donors (Lipinski definition) is 0. The Hall–Kier alpha value is -5.75. The average molecular weight is 693 g/mol. The van der Waals surface area contributed by atoms with Gasteiger partial charge in [0.05, 0.1) is 47.9 Å². The van der Waals surface area contributed by atoms with Crippen molar-refractivity contribution in [2.24, 2.45) is 4.99 Å². The smallest absolute Gasteiger partial charge is 0.338 e. The summed E-state index contributed by atoms with van der Waals surface area (Å²) >= 11 is 1.21. The van der Waals surface area contributed by atoms with Gasteiger partial charge in [-0.1, -0.05) is 35.6 Å². The van der Waals surface area contributed by atoms with Crippen LogP contribution in [0.1, 0.15) is 50.4 Å². The standard InChI is InChI=1S/C38H36N4O7S/c1-21(2)48-29-15-13-25(17-22(29)3)34-27(20-41(40-34)28-11-9-8-10-12-28)19-32-36(44)42-35(33(37(45)47-7)23(4)39-38(42)50-32)26-14-16-30(49-24(5)43)31(18-26)46-6/h8-21,35H,1-7H3. The summed E-state index contributed by atoms with van der Waals surface area (Å²) in [6, 6.07) is 19.6. The molecule has 2 aromatic heterocycles. The number of allylic oxidation sites excluding steroid dienone is 1. The summed E-state index contributed by atoms with van der Waals surface area (Å²) in [6.07, 6.45) is 3.72. The molecule has 0 spiro atoms. The Morgan fingerprint density at radius 3 is 2.36 bits per heavy atom. The van der Waals surface area contributed by atoms with E-state index in [0.29, 0.717) is 31.9 Å². The Morgan fingerprint density at radius 1 is 0.960 bits per heavy atom. The first-order chi connectivity index (χ1) is 24.0. The molecule has 50 heavy (non-hydrogen) atoms. The van der Waals surface area contributed by atoms with Crippen molar-refractivity contribution in [1.29, 1.82) is 0 Å². The number of methoxy groups -OCH3 is 2. The number of carbonyl (C=O) groups is 2. The van der Waals surface area contributed by atoms with Crippen molar-refractivity contribution in [3.05, 3.63) is 121 Å². The highest BCUT2D eigenvalue weighted by Crippen LogP contribution is 2.36. The highest BCUT2D eigenvalue weighted by atomic mass is 32.1. The fraction of sp³-hybridized carbons (Fsp3) is 0.237. The van der Waals surface area contributed by atoms with Gasteiger partial charge in [0.2, 0.25) is 0 Å². The second-order valence-electron chi connectivity index (χ2n) is 11.9. The molecule has 1 aliphatic heterocycles. The predicted octanol–water partition coefficient (Wildman–Crippen LogP) is 5.29. The number of nitrogens with zero attached hydrogens (tertiary/aromatic N) is 4. The van der Waals surface area contributed by atoms with Crippen molar-refractivity contribution in [2.75, 3.05) is 14.2 Å². The number of carbonyl (C=O) groups excluding carboxylic acids is 2. The normalized spacial score (nSPS) is 14.3. The minimum Gasteiger partial charge on any atom is -0.493 e. The molecule has 0 aliphatic carbocycles. The molecule has 1 unspecified atom stereocenters. The number of fused-ring (bicyclic) bond motifs is 1. The largest absolute Gasteiger partial charge is 0.493 e. The second-order valence-corrected chi connectivity index (χ2v) is 12.9. The number of esters is 2. The molecule has 0 radical (unpaired) electrons. The number of thiazole rings is 1. The molecule has 6 rings (SSSR count). The molecule has 0 saturated heterocycles. The zero-order valence-electron chi connectivity index (χ0n) is 28.7. The second kappa shape index (κ2) is 14.0. The van der Waals surface area contributed by atoms with E-state index in [1.165, 1.54) is 37.0 Å².